The Hall–Kier alpha value is -3.93. The summed E-state index contributed by atoms with van der Waals surface area (Å²) >= 11 is 0. The number of fused-ring (bicyclic) bond motifs is 2. The molecule has 184 valence electrons. The van der Waals surface area contributed by atoms with Gasteiger partial charge in [0.05, 0.1) is 18.7 Å². The standard InChI is InChI=1S/C30H29FN2O3/c1-36-29(34)28-25(22-12-14-24(26(31)18-22)21-10-6-3-7-11-21)19-23-13-15-27(28)33(23)30(35)32-17-16-20-8-4-2-5-9-20/h2-12,14,18,23,27H,13,15-17,19H2,1H3,(H,32,35)/t23-,27+/m0/s1. The fourth-order valence-electron chi connectivity index (χ4n) is 5.47. The summed E-state index contributed by atoms with van der Waals surface area (Å²) in [7, 11) is 1.34. The maximum Gasteiger partial charge on any atom is 0.336 e. The van der Waals surface area contributed by atoms with Crippen LogP contribution in [0.25, 0.3) is 16.7 Å². The van der Waals surface area contributed by atoms with Crippen molar-refractivity contribution in [1.82, 2.24) is 10.2 Å². The molecule has 2 bridgehead atoms. The Kier molecular flexibility index (Phi) is 6.85. The number of urea groups is 1. The Balaban J connectivity index is 1.40. The molecule has 36 heavy (non-hydrogen) atoms. The van der Waals surface area contributed by atoms with Crippen molar-refractivity contribution in [3.8, 4) is 11.1 Å². The summed E-state index contributed by atoms with van der Waals surface area (Å²) in [5.41, 5.74) is 4.34. The highest BCUT2D eigenvalue weighted by molar-refractivity contribution is 6.01. The van der Waals surface area contributed by atoms with Gasteiger partial charge in [-0.25, -0.2) is 14.0 Å². The third-order valence-electron chi connectivity index (χ3n) is 7.18. The zero-order chi connectivity index (χ0) is 25.1. The Labute approximate surface area is 210 Å². The summed E-state index contributed by atoms with van der Waals surface area (Å²) in [6.07, 6.45) is 2.67. The number of hydrogen-bond donors (Lipinski definition) is 1. The number of rotatable bonds is 6. The number of esters is 1. The second-order valence-corrected chi connectivity index (χ2v) is 9.27. The van der Waals surface area contributed by atoms with Crippen LogP contribution in [-0.4, -0.2) is 42.6 Å². The maximum absolute atomic E-state index is 15.2. The molecule has 0 spiro atoms. The van der Waals surface area contributed by atoms with E-state index in [4.69, 9.17) is 4.74 Å². The van der Waals surface area contributed by atoms with Gasteiger partial charge in [-0.3, -0.25) is 0 Å². The van der Waals surface area contributed by atoms with E-state index in [9.17, 15) is 9.59 Å². The first-order chi connectivity index (χ1) is 17.6. The van der Waals surface area contributed by atoms with E-state index in [0.717, 1.165) is 29.5 Å². The van der Waals surface area contributed by atoms with Gasteiger partial charge < -0.3 is 15.0 Å². The minimum Gasteiger partial charge on any atom is -0.466 e. The van der Waals surface area contributed by atoms with Crippen molar-refractivity contribution < 1.29 is 18.7 Å². The molecule has 0 saturated carbocycles. The summed E-state index contributed by atoms with van der Waals surface area (Å²) in [6.45, 7) is 0.509. The molecule has 1 N–H and O–H groups in total. The third-order valence-corrected chi connectivity index (χ3v) is 7.18. The molecule has 2 atom stereocenters. The van der Waals surface area contributed by atoms with Gasteiger partial charge in [-0.15, -0.1) is 0 Å². The molecular weight excluding hydrogens is 455 g/mol. The minimum absolute atomic E-state index is 0.0491. The predicted molar refractivity (Wildman–Crippen MR) is 138 cm³/mol. The molecule has 0 aromatic heterocycles. The highest BCUT2D eigenvalue weighted by Gasteiger charge is 2.46. The van der Waals surface area contributed by atoms with Crippen molar-refractivity contribution in [1.29, 1.82) is 0 Å². The summed E-state index contributed by atoms with van der Waals surface area (Å²) in [5.74, 6) is -0.811. The van der Waals surface area contributed by atoms with Gasteiger partial charge in [0.15, 0.2) is 0 Å². The van der Waals surface area contributed by atoms with Crippen LogP contribution >= 0.6 is 0 Å². The van der Waals surface area contributed by atoms with Gasteiger partial charge in [0.1, 0.15) is 5.82 Å². The topological polar surface area (TPSA) is 58.6 Å². The summed E-state index contributed by atoms with van der Waals surface area (Å²) in [5, 5.41) is 3.02. The molecule has 3 aromatic rings. The molecule has 0 aliphatic carbocycles. The average molecular weight is 485 g/mol. The van der Waals surface area contributed by atoms with Crippen molar-refractivity contribution in [2.45, 2.75) is 37.8 Å². The van der Waals surface area contributed by atoms with E-state index in [2.05, 4.69) is 5.32 Å². The number of methoxy groups -OCH3 is 1. The number of halogens is 1. The Morgan fingerprint density at radius 1 is 0.972 bits per heavy atom. The highest BCUT2D eigenvalue weighted by atomic mass is 19.1. The van der Waals surface area contributed by atoms with E-state index < -0.39 is 5.97 Å². The van der Waals surface area contributed by atoms with Crippen molar-refractivity contribution in [2.24, 2.45) is 0 Å². The fraction of sp³-hybridized carbons (Fsp3) is 0.267. The molecule has 2 amide bonds. The van der Waals surface area contributed by atoms with E-state index in [1.54, 1.807) is 11.0 Å². The number of carbonyl (C=O) groups excluding carboxylic acids is 2. The van der Waals surface area contributed by atoms with Crippen LogP contribution in [-0.2, 0) is 16.0 Å². The Morgan fingerprint density at radius 3 is 2.39 bits per heavy atom. The van der Waals surface area contributed by atoms with Gasteiger partial charge in [0.25, 0.3) is 0 Å². The third kappa shape index (κ3) is 4.63. The van der Waals surface area contributed by atoms with Gasteiger partial charge in [-0.2, -0.15) is 0 Å². The number of amides is 2. The molecule has 3 aromatic carbocycles. The molecule has 5 rings (SSSR count). The molecule has 2 heterocycles. The first-order valence-corrected chi connectivity index (χ1v) is 12.3. The minimum atomic E-state index is -0.468. The van der Waals surface area contributed by atoms with Crippen molar-refractivity contribution in [3.63, 3.8) is 0 Å². The van der Waals surface area contributed by atoms with Crippen LogP contribution in [0.1, 0.15) is 30.4 Å². The highest BCUT2D eigenvalue weighted by Crippen LogP contribution is 2.44. The Bertz CT molecular complexity index is 1290. The molecule has 2 aliphatic heterocycles. The van der Waals surface area contributed by atoms with Crippen molar-refractivity contribution in [3.05, 3.63) is 101 Å². The zero-order valence-electron chi connectivity index (χ0n) is 20.2. The largest absolute Gasteiger partial charge is 0.466 e. The lowest BCUT2D eigenvalue weighted by Crippen LogP contribution is -2.51. The molecule has 6 heteroatoms. The first kappa shape index (κ1) is 23.8. The van der Waals surface area contributed by atoms with Gasteiger partial charge in [-0.1, -0.05) is 72.8 Å². The molecule has 2 aliphatic rings. The van der Waals surface area contributed by atoms with E-state index in [-0.39, 0.29) is 23.9 Å². The van der Waals surface area contributed by atoms with Gasteiger partial charge in [-0.05, 0) is 54.0 Å². The van der Waals surface area contributed by atoms with E-state index in [0.29, 0.717) is 36.1 Å². The Morgan fingerprint density at radius 2 is 1.69 bits per heavy atom. The number of nitrogens with one attached hydrogen (secondary N) is 1. The molecular formula is C30H29FN2O3. The van der Waals surface area contributed by atoms with Crippen LogP contribution in [0.15, 0.2) is 84.4 Å². The quantitative estimate of drug-likeness (QED) is 0.463. The molecule has 5 nitrogen and oxygen atoms in total. The van der Waals surface area contributed by atoms with Crippen LogP contribution < -0.4 is 5.32 Å². The lowest BCUT2D eigenvalue weighted by molar-refractivity contribution is -0.136. The number of benzene rings is 3. The number of ether oxygens (including phenoxy) is 1. The number of hydrogen-bond acceptors (Lipinski definition) is 3. The number of nitrogens with zero attached hydrogens (tertiary/aromatic N) is 1. The molecule has 1 saturated heterocycles. The second kappa shape index (κ2) is 10.4. The summed E-state index contributed by atoms with van der Waals surface area (Å²) < 4.78 is 20.3. The molecule has 0 radical (unpaired) electrons. The van der Waals surface area contributed by atoms with Gasteiger partial charge in [0, 0.05) is 18.2 Å². The van der Waals surface area contributed by atoms with Crippen LogP contribution in [0, 0.1) is 5.82 Å². The van der Waals surface area contributed by atoms with E-state index in [1.165, 1.54) is 13.2 Å². The average Bonchev–Trinajstić information content (AvgIpc) is 3.22. The van der Waals surface area contributed by atoms with Crippen LogP contribution in [0.2, 0.25) is 0 Å². The lowest BCUT2D eigenvalue weighted by Gasteiger charge is -2.37. The van der Waals surface area contributed by atoms with Crippen molar-refractivity contribution >= 4 is 17.6 Å². The fourth-order valence-corrected chi connectivity index (χ4v) is 5.47. The van der Waals surface area contributed by atoms with E-state index in [1.807, 2.05) is 66.7 Å². The van der Waals surface area contributed by atoms with Crippen LogP contribution in [0.3, 0.4) is 0 Å². The summed E-state index contributed by atoms with van der Waals surface area (Å²) in [4.78, 5) is 27.9. The van der Waals surface area contributed by atoms with Gasteiger partial charge in [0.2, 0.25) is 0 Å². The second-order valence-electron chi connectivity index (χ2n) is 9.27. The zero-order valence-corrected chi connectivity index (χ0v) is 20.2. The SMILES string of the molecule is COC(=O)C1=C(c2ccc(-c3ccccc3)c(F)c2)C[C@@H]2CC[C@H]1N2C(=O)NCCc1ccccc1. The maximum atomic E-state index is 15.2. The number of carbonyl (C=O) groups is 2. The first-order valence-electron chi connectivity index (χ1n) is 12.3. The smallest absolute Gasteiger partial charge is 0.336 e. The lowest BCUT2D eigenvalue weighted by atomic mass is 9.87. The molecule has 1 fully saturated rings. The predicted octanol–water partition coefficient (Wildman–Crippen LogP) is 5.61. The van der Waals surface area contributed by atoms with Gasteiger partial charge >= 0.3 is 12.0 Å². The van der Waals surface area contributed by atoms with Crippen LogP contribution in [0.5, 0.6) is 0 Å². The molecule has 0 unspecified atom stereocenters. The van der Waals surface area contributed by atoms with Crippen molar-refractivity contribution in [2.75, 3.05) is 13.7 Å². The normalized spacial score (nSPS) is 18.8. The summed E-state index contributed by atoms with van der Waals surface area (Å²) in [6, 6.07) is 23.9. The van der Waals surface area contributed by atoms with Crippen LogP contribution in [0.4, 0.5) is 9.18 Å². The van der Waals surface area contributed by atoms with E-state index >= 15 is 4.39 Å². The monoisotopic (exact) mass is 484 g/mol.